The summed E-state index contributed by atoms with van der Waals surface area (Å²) in [6.45, 7) is 0.451. The lowest BCUT2D eigenvalue weighted by atomic mass is 10.1. The van der Waals surface area contributed by atoms with Gasteiger partial charge in [-0.05, 0) is 31.0 Å². The topological polar surface area (TPSA) is 120 Å². The van der Waals surface area contributed by atoms with Crippen LogP contribution in [-0.4, -0.2) is 47.9 Å². The van der Waals surface area contributed by atoms with Gasteiger partial charge in [0, 0.05) is 30.6 Å². The number of amides is 2. The molecule has 1 unspecified atom stereocenters. The first-order chi connectivity index (χ1) is 13.5. The molecule has 1 aromatic rings. The van der Waals surface area contributed by atoms with Crippen molar-refractivity contribution >= 4 is 29.3 Å². The predicted molar refractivity (Wildman–Crippen MR) is 106 cm³/mol. The number of carboxylic acid groups (broad SMARTS) is 1. The van der Waals surface area contributed by atoms with Crippen molar-refractivity contribution in [1.29, 1.82) is 0 Å². The van der Waals surface area contributed by atoms with Gasteiger partial charge in [0.2, 0.25) is 5.91 Å². The molecular formula is C20H24N4O4. The summed E-state index contributed by atoms with van der Waals surface area (Å²) in [6, 6.07) is 5.71. The highest BCUT2D eigenvalue weighted by atomic mass is 16.4. The Morgan fingerprint density at radius 1 is 1.25 bits per heavy atom. The molecule has 0 saturated heterocycles. The fraction of sp³-hybridized carbons (Fsp3) is 0.400. The van der Waals surface area contributed by atoms with E-state index >= 15 is 0 Å². The van der Waals surface area contributed by atoms with E-state index in [0.717, 1.165) is 43.8 Å². The molecule has 0 fully saturated rings. The number of carboxylic acids is 1. The maximum absolute atomic E-state index is 12.3. The zero-order valence-corrected chi connectivity index (χ0v) is 15.5. The van der Waals surface area contributed by atoms with Gasteiger partial charge in [-0.2, -0.15) is 0 Å². The molecule has 2 amide bonds. The Kier molecular flexibility index (Phi) is 8.03. The molecule has 148 valence electrons. The van der Waals surface area contributed by atoms with Crippen molar-refractivity contribution in [3.05, 3.63) is 29.8 Å². The number of aliphatic imine (C=N–C) groups is 1. The Hall–Kier alpha value is -3.34. The first-order valence-electron chi connectivity index (χ1n) is 9.14. The second kappa shape index (κ2) is 10.7. The number of hydrogen-bond acceptors (Lipinski definition) is 5. The van der Waals surface area contributed by atoms with E-state index in [9.17, 15) is 14.4 Å². The molecule has 0 spiro atoms. The first-order valence-corrected chi connectivity index (χ1v) is 9.14. The Bertz CT molecular complexity index is 798. The van der Waals surface area contributed by atoms with E-state index < -0.39 is 23.8 Å². The summed E-state index contributed by atoms with van der Waals surface area (Å²) in [5, 5.41) is 17.0. The predicted octanol–water partition coefficient (Wildman–Crippen LogP) is 1.39. The number of nitrogens with zero attached hydrogens (tertiary/aromatic N) is 1. The lowest BCUT2D eigenvalue weighted by Crippen LogP contribution is -2.45. The number of hydrogen-bond donors (Lipinski definition) is 4. The van der Waals surface area contributed by atoms with Crippen LogP contribution in [0.2, 0.25) is 0 Å². The van der Waals surface area contributed by atoms with E-state index in [0.29, 0.717) is 5.56 Å². The summed E-state index contributed by atoms with van der Waals surface area (Å²) in [4.78, 5) is 39.6. The van der Waals surface area contributed by atoms with Gasteiger partial charge >= 0.3 is 5.97 Å². The molecule has 0 radical (unpaired) electrons. The third-order valence-electron chi connectivity index (χ3n) is 4.15. The van der Waals surface area contributed by atoms with E-state index in [-0.39, 0.29) is 13.0 Å². The average Bonchev–Trinajstić information content (AvgIpc) is 2.94. The van der Waals surface area contributed by atoms with Gasteiger partial charge in [0.05, 0.1) is 6.54 Å². The molecule has 1 heterocycles. The lowest BCUT2D eigenvalue weighted by Gasteiger charge is -2.13. The van der Waals surface area contributed by atoms with Crippen LogP contribution in [0.15, 0.2) is 29.3 Å². The third kappa shape index (κ3) is 6.76. The van der Waals surface area contributed by atoms with Crippen LogP contribution in [0.3, 0.4) is 0 Å². The molecular weight excluding hydrogens is 360 g/mol. The van der Waals surface area contributed by atoms with Crippen LogP contribution < -0.4 is 16.0 Å². The lowest BCUT2D eigenvalue weighted by molar-refractivity contribution is -0.141. The van der Waals surface area contributed by atoms with Crippen LogP contribution in [0.5, 0.6) is 0 Å². The fourth-order valence-electron chi connectivity index (χ4n) is 2.71. The van der Waals surface area contributed by atoms with Crippen molar-refractivity contribution in [3.8, 4) is 12.3 Å². The maximum atomic E-state index is 12.3. The summed E-state index contributed by atoms with van der Waals surface area (Å²) in [5.41, 5.74) is 1.13. The Morgan fingerprint density at radius 2 is 2.07 bits per heavy atom. The van der Waals surface area contributed by atoms with Crippen LogP contribution in [-0.2, 0) is 9.59 Å². The summed E-state index contributed by atoms with van der Waals surface area (Å²) >= 11 is 0. The van der Waals surface area contributed by atoms with Crippen LogP contribution in [0.4, 0.5) is 5.69 Å². The van der Waals surface area contributed by atoms with Gasteiger partial charge in [0.25, 0.3) is 5.91 Å². The minimum Gasteiger partial charge on any atom is -0.480 e. The van der Waals surface area contributed by atoms with Crippen LogP contribution in [0.25, 0.3) is 0 Å². The van der Waals surface area contributed by atoms with Crippen molar-refractivity contribution < 1.29 is 19.5 Å². The second-order valence-electron chi connectivity index (χ2n) is 6.39. The summed E-state index contributed by atoms with van der Waals surface area (Å²) in [6.07, 6.45) is 9.14. The summed E-state index contributed by atoms with van der Waals surface area (Å²) in [5.74, 6) is 0.804. The van der Waals surface area contributed by atoms with Gasteiger partial charge in [-0.1, -0.05) is 12.5 Å². The summed E-state index contributed by atoms with van der Waals surface area (Å²) < 4.78 is 0. The van der Waals surface area contributed by atoms with Gasteiger partial charge in [-0.15, -0.1) is 12.3 Å². The zero-order valence-electron chi connectivity index (χ0n) is 15.5. The molecule has 1 atom stereocenters. The van der Waals surface area contributed by atoms with Crippen molar-refractivity contribution in [3.63, 3.8) is 0 Å². The molecule has 1 aliphatic rings. The number of carbonyl (C=O) groups is 3. The average molecular weight is 384 g/mol. The molecule has 4 N–H and O–H groups in total. The van der Waals surface area contributed by atoms with Gasteiger partial charge < -0.3 is 21.1 Å². The standard InChI is InChI=1S/C20H24N4O4/c1-2-7-16(20(27)28)24-18(25)13-22-19(26)14-8-6-9-15(12-14)23-17-10-4-3-5-11-21-17/h1,6,8-9,12,16H,3-5,7,10-11,13H2,(H,21,23)(H,22,26)(H,24,25)(H,27,28). The molecule has 2 rings (SSSR count). The van der Waals surface area contributed by atoms with Gasteiger partial charge in [-0.25, -0.2) is 4.79 Å². The van der Waals surface area contributed by atoms with Crippen LogP contribution in [0.1, 0.15) is 42.5 Å². The number of amidine groups is 1. The highest BCUT2D eigenvalue weighted by Gasteiger charge is 2.19. The molecule has 1 aliphatic heterocycles. The molecule has 0 bridgehead atoms. The molecule has 0 aromatic heterocycles. The minimum absolute atomic E-state index is 0.132. The van der Waals surface area contributed by atoms with Gasteiger partial charge in [-0.3, -0.25) is 14.6 Å². The highest BCUT2D eigenvalue weighted by Crippen LogP contribution is 2.14. The number of benzene rings is 1. The van der Waals surface area contributed by atoms with Crippen molar-refractivity contribution in [2.24, 2.45) is 4.99 Å². The molecule has 0 aliphatic carbocycles. The summed E-state index contributed by atoms with van der Waals surface area (Å²) in [7, 11) is 0. The monoisotopic (exact) mass is 384 g/mol. The van der Waals surface area contributed by atoms with Crippen LogP contribution >= 0.6 is 0 Å². The Morgan fingerprint density at radius 3 is 2.82 bits per heavy atom. The normalized spacial score (nSPS) is 14.6. The second-order valence-corrected chi connectivity index (χ2v) is 6.39. The molecule has 1 aromatic carbocycles. The molecule has 8 nitrogen and oxygen atoms in total. The van der Waals surface area contributed by atoms with Gasteiger partial charge in [0.1, 0.15) is 11.9 Å². The number of carbonyl (C=O) groups excluding carboxylic acids is 2. The largest absolute Gasteiger partial charge is 0.480 e. The maximum Gasteiger partial charge on any atom is 0.327 e. The van der Waals surface area contributed by atoms with E-state index in [1.54, 1.807) is 18.2 Å². The van der Waals surface area contributed by atoms with Gasteiger partial charge in [0.15, 0.2) is 0 Å². The number of terminal acetylenes is 1. The Labute approximate surface area is 163 Å². The zero-order chi connectivity index (χ0) is 20.4. The Balaban J connectivity index is 1.90. The van der Waals surface area contributed by atoms with E-state index in [4.69, 9.17) is 11.5 Å². The molecule has 0 saturated carbocycles. The van der Waals surface area contributed by atoms with Crippen molar-refractivity contribution in [1.82, 2.24) is 10.6 Å². The van der Waals surface area contributed by atoms with E-state index in [2.05, 4.69) is 26.9 Å². The number of rotatable bonds is 7. The SMILES string of the molecule is C#CCC(NC(=O)CNC(=O)c1cccc(NC2=NCCCCC2)c1)C(=O)O. The number of aliphatic carboxylic acids is 1. The van der Waals surface area contributed by atoms with E-state index in [1.807, 2.05) is 6.07 Å². The van der Waals surface area contributed by atoms with Crippen molar-refractivity contribution in [2.45, 2.75) is 38.1 Å². The minimum atomic E-state index is -1.22. The van der Waals surface area contributed by atoms with E-state index in [1.165, 1.54) is 0 Å². The third-order valence-corrected chi connectivity index (χ3v) is 4.15. The van der Waals surface area contributed by atoms with Crippen molar-refractivity contribution in [2.75, 3.05) is 18.4 Å². The van der Waals surface area contributed by atoms with Crippen LogP contribution in [0, 0.1) is 12.3 Å². The number of anilines is 1. The smallest absolute Gasteiger partial charge is 0.327 e. The molecule has 28 heavy (non-hydrogen) atoms. The first kappa shape index (κ1) is 21.0. The highest BCUT2D eigenvalue weighted by molar-refractivity contribution is 6.00. The quantitative estimate of drug-likeness (QED) is 0.530. The fourth-order valence-corrected chi connectivity index (χ4v) is 2.71. The molecule has 8 heteroatoms. The number of nitrogens with one attached hydrogen (secondary N) is 3.